The molecule has 6 nitrogen and oxygen atoms in total. The summed E-state index contributed by atoms with van der Waals surface area (Å²) < 4.78 is 11.3. The van der Waals surface area contributed by atoms with Crippen LogP contribution in [0, 0.1) is 19.8 Å². The molecule has 1 fully saturated rings. The Kier molecular flexibility index (Phi) is 6.07. The number of aromatic nitrogens is 2. The van der Waals surface area contributed by atoms with Crippen LogP contribution < -0.4 is 4.74 Å². The van der Waals surface area contributed by atoms with Gasteiger partial charge in [-0.1, -0.05) is 42.8 Å². The highest BCUT2D eigenvalue weighted by Gasteiger charge is 2.36. The molecule has 0 spiro atoms. The zero-order valence-corrected chi connectivity index (χ0v) is 18.6. The van der Waals surface area contributed by atoms with Gasteiger partial charge in [0.2, 0.25) is 17.6 Å². The van der Waals surface area contributed by atoms with Gasteiger partial charge in [-0.05, 0) is 61.6 Å². The second-order valence-electron chi connectivity index (χ2n) is 8.69. The number of aryl methyl sites for hydroxylation is 2. The first-order valence-electron chi connectivity index (χ1n) is 10.8. The lowest BCUT2D eigenvalue weighted by Gasteiger charge is -2.23. The normalized spacial score (nSPS) is 16.4. The van der Waals surface area contributed by atoms with E-state index >= 15 is 0 Å². The van der Waals surface area contributed by atoms with Crippen LogP contribution in [0.4, 0.5) is 0 Å². The molecule has 0 bridgehead atoms. The molecule has 6 heteroatoms. The molecule has 162 valence electrons. The number of carbonyl (C=O) groups excluding carboxylic acids is 1. The fourth-order valence-electron chi connectivity index (χ4n) is 3.85. The average Bonchev–Trinajstić information content (AvgIpc) is 3.36. The number of nitrogens with zero attached hydrogens (tertiary/aromatic N) is 3. The summed E-state index contributed by atoms with van der Waals surface area (Å²) in [5.41, 5.74) is 4.40. The molecule has 0 N–H and O–H groups in total. The van der Waals surface area contributed by atoms with E-state index in [0.29, 0.717) is 43.6 Å². The van der Waals surface area contributed by atoms with Crippen molar-refractivity contribution in [3.63, 3.8) is 0 Å². The van der Waals surface area contributed by atoms with Crippen LogP contribution in [0.25, 0.3) is 11.4 Å². The van der Waals surface area contributed by atoms with Crippen LogP contribution in [0.5, 0.6) is 5.75 Å². The molecule has 1 amide bonds. The number of hydrogen-bond acceptors (Lipinski definition) is 5. The van der Waals surface area contributed by atoms with Crippen molar-refractivity contribution in [1.29, 1.82) is 0 Å². The van der Waals surface area contributed by atoms with Crippen molar-refractivity contribution in [2.24, 2.45) is 5.92 Å². The van der Waals surface area contributed by atoms with Gasteiger partial charge in [0.05, 0.1) is 6.61 Å². The van der Waals surface area contributed by atoms with Crippen molar-refractivity contribution in [2.75, 3.05) is 6.61 Å². The maximum atomic E-state index is 12.6. The molecule has 1 unspecified atom stereocenters. The number of carbonyl (C=O) groups is 1. The Morgan fingerprint density at radius 2 is 1.94 bits per heavy atom. The van der Waals surface area contributed by atoms with Crippen LogP contribution in [-0.4, -0.2) is 27.6 Å². The average molecular weight is 420 g/mol. The molecule has 1 atom stereocenters. The Hall–Kier alpha value is -3.15. The molecule has 31 heavy (non-hydrogen) atoms. The number of ether oxygens (including phenoxy) is 1. The molecule has 1 aromatic heterocycles. The third-order valence-electron chi connectivity index (χ3n) is 5.59. The first-order valence-corrected chi connectivity index (χ1v) is 10.8. The van der Waals surface area contributed by atoms with E-state index in [0.717, 1.165) is 16.9 Å². The van der Waals surface area contributed by atoms with Gasteiger partial charge in [0.25, 0.3) is 0 Å². The van der Waals surface area contributed by atoms with Crippen molar-refractivity contribution in [1.82, 2.24) is 15.0 Å². The summed E-state index contributed by atoms with van der Waals surface area (Å²) in [5.74, 6) is 2.43. The lowest BCUT2D eigenvalue weighted by atomic mass is 10.0. The highest BCUT2D eigenvalue weighted by molar-refractivity contribution is 5.79. The topological polar surface area (TPSA) is 68.5 Å². The van der Waals surface area contributed by atoms with E-state index in [4.69, 9.17) is 9.26 Å². The second kappa shape index (κ2) is 8.92. The van der Waals surface area contributed by atoms with Crippen LogP contribution in [0.3, 0.4) is 0 Å². The Morgan fingerprint density at radius 3 is 2.65 bits per heavy atom. The first kappa shape index (κ1) is 21.1. The Balaban J connectivity index is 1.50. The van der Waals surface area contributed by atoms with Crippen molar-refractivity contribution < 1.29 is 14.1 Å². The van der Waals surface area contributed by atoms with E-state index in [1.807, 2.05) is 29.2 Å². The molecule has 4 rings (SSSR count). The summed E-state index contributed by atoms with van der Waals surface area (Å²) >= 11 is 0. The maximum absolute atomic E-state index is 12.6. The minimum atomic E-state index is -0.192. The summed E-state index contributed by atoms with van der Waals surface area (Å²) in [7, 11) is 0. The SMILES string of the molecule is Cc1ccc(CN2C(=O)CCC2c2nc(-c3ccc(OCC(C)C)cc3)no2)c(C)c1. The highest BCUT2D eigenvalue weighted by atomic mass is 16.5. The van der Waals surface area contributed by atoms with Gasteiger partial charge in [-0.3, -0.25) is 4.79 Å². The number of likely N-dealkylation sites (tertiary alicyclic amines) is 1. The van der Waals surface area contributed by atoms with Gasteiger partial charge < -0.3 is 14.2 Å². The van der Waals surface area contributed by atoms with Crippen LogP contribution >= 0.6 is 0 Å². The van der Waals surface area contributed by atoms with Gasteiger partial charge in [0.15, 0.2) is 0 Å². The van der Waals surface area contributed by atoms with Crippen molar-refractivity contribution in [3.05, 3.63) is 65.0 Å². The monoisotopic (exact) mass is 419 g/mol. The smallest absolute Gasteiger partial charge is 0.249 e. The quantitative estimate of drug-likeness (QED) is 0.523. The number of amides is 1. The van der Waals surface area contributed by atoms with E-state index in [-0.39, 0.29) is 11.9 Å². The lowest BCUT2D eigenvalue weighted by molar-refractivity contribution is -0.130. The predicted octanol–water partition coefficient (Wildman–Crippen LogP) is 5.25. The van der Waals surface area contributed by atoms with E-state index in [1.54, 1.807) is 0 Å². The molecule has 1 aliphatic heterocycles. The Bertz CT molecular complexity index is 1060. The largest absolute Gasteiger partial charge is 0.493 e. The molecule has 0 radical (unpaired) electrons. The van der Waals surface area contributed by atoms with Crippen LogP contribution in [0.1, 0.15) is 55.3 Å². The standard InChI is InChI=1S/C25H29N3O3/c1-16(2)15-30-21-9-7-19(8-10-21)24-26-25(31-27-24)22-11-12-23(29)28(22)14-20-6-5-17(3)13-18(20)4/h5-10,13,16,22H,11-12,14-15H2,1-4H3. The molecule has 3 aromatic rings. The van der Waals surface area contributed by atoms with Gasteiger partial charge in [-0.25, -0.2) is 0 Å². The third kappa shape index (κ3) is 4.79. The molecular formula is C25H29N3O3. The van der Waals surface area contributed by atoms with Gasteiger partial charge in [-0.2, -0.15) is 4.98 Å². The fourth-order valence-corrected chi connectivity index (χ4v) is 3.85. The van der Waals surface area contributed by atoms with Crippen molar-refractivity contribution in [2.45, 2.75) is 53.1 Å². The van der Waals surface area contributed by atoms with Crippen LogP contribution in [-0.2, 0) is 11.3 Å². The fraction of sp³-hybridized carbons (Fsp3) is 0.400. The van der Waals surface area contributed by atoms with Gasteiger partial charge in [0.1, 0.15) is 11.8 Å². The summed E-state index contributed by atoms with van der Waals surface area (Å²) in [4.78, 5) is 19.1. The van der Waals surface area contributed by atoms with Crippen LogP contribution in [0.2, 0.25) is 0 Å². The molecule has 1 aliphatic rings. The van der Waals surface area contributed by atoms with Crippen LogP contribution in [0.15, 0.2) is 47.0 Å². The minimum Gasteiger partial charge on any atom is -0.493 e. The second-order valence-corrected chi connectivity index (χ2v) is 8.69. The minimum absolute atomic E-state index is 0.122. The van der Waals surface area contributed by atoms with E-state index in [1.165, 1.54) is 11.1 Å². The van der Waals surface area contributed by atoms with E-state index < -0.39 is 0 Å². The van der Waals surface area contributed by atoms with E-state index in [2.05, 4.69) is 56.0 Å². The number of benzene rings is 2. The van der Waals surface area contributed by atoms with Gasteiger partial charge in [0, 0.05) is 18.5 Å². The summed E-state index contributed by atoms with van der Waals surface area (Å²) in [6, 6.07) is 13.8. The number of rotatable bonds is 7. The van der Waals surface area contributed by atoms with Gasteiger partial charge in [-0.15, -0.1) is 0 Å². The lowest BCUT2D eigenvalue weighted by Crippen LogP contribution is -2.27. The maximum Gasteiger partial charge on any atom is 0.249 e. The summed E-state index contributed by atoms with van der Waals surface area (Å²) in [6.07, 6.45) is 1.18. The highest BCUT2D eigenvalue weighted by Crippen LogP contribution is 2.34. The molecule has 0 saturated carbocycles. The molecule has 0 aliphatic carbocycles. The Labute approximate surface area is 183 Å². The zero-order chi connectivity index (χ0) is 22.0. The molecule has 2 heterocycles. The Morgan fingerprint density at radius 1 is 1.16 bits per heavy atom. The first-order chi connectivity index (χ1) is 14.9. The summed E-state index contributed by atoms with van der Waals surface area (Å²) in [6.45, 7) is 9.62. The number of hydrogen-bond donors (Lipinski definition) is 0. The van der Waals surface area contributed by atoms with Crippen molar-refractivity contribution in [3.8, 4) is 17.1 Å². The summed E-state index contributed by atoms with van der Waals surface area (Å²) in [5, 5.41) is 4.17. The molecule has 1 saturated heterocycles. The molecular weight excluding hydrogens is 390 g/mol. The molecule has 2 aromatic carbocycles. The predicted molar refractivity (Wildman–Crippen MR) is 119 cm³/mol. The third-order valence-corrected chi connectivity index (χ3v) is 5.59. The van der Waals surface area contributed by atoms with Gasteiger partial charge >= 0.3 is 0 Å². The van der Waals surface area contributed by atoms with E-state index in [9.17, 15) is 4.79 Å². The van der Waals surface area contributed by atoms with Crippen molar-refractivity contribution >= 4 is 5.91 Å². The zero-order valence-electron chi connectivity index (χ0n) is 18.6.